The molecular formula is C25H37ClN2O3. The number of furan rings is 1. The Morgan fingerprint density at radius 2 is 1.68 bits per heavy atom. The van der Waals surface area contributed by atoms with Crippen molar-refractivity contribution in [3.63, 3.8) is 0 Å². The smallest absolute Gasteiger partial charge is 0.287 e. The number of nitrogens with one attached hydrogen (secondary N) is 1. The van der Waals surface area contributed by atoms with Gasteiger partial charge in [0.15, 0.2) is 5.76 Å². The molecule has 1 N–H and O–H groups in total. The first-order chi connectivity index (χ1) is 15.0. The molecule has 5 nitrogen and oxygen atoms in total. The maximum atomic E-state index is 12.6. The van der Waals surface area contributed by atoms with Crippen LogP contribution >= 0.6 is 11.6 Å². The lowest BCUT2D eigenvalue weighted by Gasteiger charge is -2.26. The third-order valence-electron chi connectivity index (χ3n) is 5.15. The average molecular weight is 449 g/mol. The predicted octanol–water partition coefficient (Wildman–Crippen LogP) is 6.31. The second-order valence-electron chi connectivity index (χ2n) is 8.10. The second kappa shape index (κ2) is 14.2. The molecule has 1 aromatic heterocycles. The summed E-state index contributed by atoms with van der Waals surface area (Å²) >= 11 is 5.88. The van der Waals surface area contributed by atoms with Gasteiger partial charge >= 0.3 is 0 Å². The summed E-state index contributed by atoms with van der Waals surface area (Å²) in [7, 11) is 0. The molecule has 1 heterocycles. The summed E-state index contributed by atoms with van der Waals surface area (Å²) in [5.74, 6) is 1.43. The van der Waals surface area contributed by atoms with Crippen molar-refractivity contribution in [2.24, 2.45) is 0 Å². The van der Waals surface area contributed by atoms with Crippen LogP contribution in [0.5, 0.6) is 5.75 Å². The Morgan fingerprint density at radius 1 is 1.03 bits per heavy atom. The van der Waals surface area contributed by atoms with E-state index in [4.69, 9.17) is 20.8 Å². The standard InChI is InChI=1S/C25H37ClN2O3/c1-4-6-8-16-28(17-9-7-5-2)18-20(3)27-25(29)24-15-14-23(31-24)19-30-22-12-10-21(26)11-13-22/h10-15,20H,4-9,16-19H2,1-3H3,(H,27,29). The highest BCUT2D eigenvalue weighted by Gasteiger charge is 2.16. The summed E-state index contributed by atoms with van der Waals surface area (Å²) in [5, 5.41) is 3.73. The fraction of sp³-hybridized carbons (Fsp3) is 0.560. The largest absolute Gasteiger partial charge is 0.486 e. The molecule has 0 aliphatic carbocycles. The molecule has 0 aliphatic rings. The Bertz CT molecular complexity index is 750. The SMILES string of the molecule is CCCCCN(CCCCC)CC(C)NC(=O)c1ccc(COc2ccc(Cl)cc2)o1. The minimum Gasteiger partial charge on any atom is -0.486 e. The van der Waals surface area contributed by atoms with E-state index < -0.39 is 0 Å². The van der Waals surface area contributed by atoms with Crippen molar-refractivity contribution in [2.45, 2.75) is 71.9 Å². The molecule has 1 atom stereocenters. The summed E-state index contributed by atoms with van der Waals surface area (Å²) in [6.45, 7) is 9.79. The molecule has 2 rings (SSSR count). The molecule has 1 amide bonds. The minimum atomic E-state index is -0.188. The van der Waals surface area contributed by atoms with Crippen LogP contribution in [0.1, 0.15) is 75.6 Å². The molecule has 0 bridgehead atoms. The van der Waals surface area contributed by atoms with Crippen LogP contribution in [0.4, 0.5) is 0 Å². The van der Waals surface area contributed by atoms with E-state index in [-0.39, 0.29) is 18.6 Å². The van der Waals surface area contributed by atoms with Crippen LogP contribution in [-0.2, 0) is 6.61 Å². The Hall–Kier alpha value is -1.98. The lowest BCUT2D eigenvalue weighted by atomic mass is 10.2. The molecule has 0 aliphatic heterocycles. The summed E-state index contributed by atoms with van der Waals surface area (Å²) in [6.07, 6.45) is 7.35. The van der Waals surface area contributed by atoms with E-state index in [9.17, 15) is 4.79 Å². The average Bonchev–Trinajstić information content (AvgIpc) is 3.23. The number of hydrogen-bond donors (Lipinski definition) is 1. The van der Waals surface area contributed by atoms with Crippen molar-refractivity contribution in [3.05, 3.63) is 52.9 Å². The molecule has 31 heavy (non-hydrogen) atoms. The second-order valence-corrected chi connectivity index (χ2v) is 8.53. The maximum absolute atomic E-state index is 12.6. The van der Waals surface area contributed by atoms with Gasteiger partial charge in [-0.1, -0.05) is 51.1 Å². The fourth-order valence-corrected chi connectivity index (χ4v) is 3.58. The molecule has 0 saturated heterocycles. The number of benzene rings is 1. The highest BCUT2D eigenvalue weighted by Crippen LogP contribution is 2.18. The van der Waals surface area contributed by atoms with Gasteiger partial charge in [0.05, 0.1) is 0 Å². The topological polar surface area (TPSA) is 54.7 Å². The molecular weight excluding hydrogens is 412 g/mol. The van der Waals surface area contributed by atoms with Gasteiger partial charge in [-0.3, -0.25) is 4.79 Å². The van der Waals surface area contributed by atoms with Gasteiger partial charge in [-0.15, -0.1) is 0 Å². The normalized spacial score (nSPS) is 12.2. The molecule has 2 aromatic rings. The maximum Gasteiger partial charge on any atom is 0.287 e. The monoisotopic (exact) mass is 448 g/mol. The quantitative estimate of drug-likeness (QED) is 0.324. The van der Waals surface area contributed by atoms with Gasteiger partial charge in [0.25, 0.3) is 5.91 Å². The minimum absolute atomic E-state index is 0.0506. The van der Waals surface area contributed by atoms with E-state index in [0.717, 1.165) is 19.6 Å². The lowest BCUT2D eigenvalue weighted by Crippen LogP contribution is -2.42. The zero-order valence-electron chi connectivity index (χ0n) is 19.2. The van der Waals surface area contributed by atoms with Crippen LogP contribution in [-0.4, -0.2) is 36.5 Å². The van der Waals surface area contributed by atoms with Crippen molar-refractivity contribution >= 4 is 17.5 Å². The number of carbonyl (C=O) groups is 1. The van der Waals surface area contributed by atoms with Crippen LogP contribution < -0.4 is 10.1 Å². The van der Waals surface area contributed by atoms with Crippen molar-refractivity contribution in [2.75, 3.05) is 19.6 Å². The first kappa shape index (κ1) is 25.3. The van der Waals surface area contributed by atoms with Gasteiger partial charge in [-0.25, -0.2) is 0 Å². The molecule has 0 saturated carbocycles. The summed E-state index contributed by atoms with van der Waals surface area (Å²) < 4.78 is 11.4. The number of carbonyl (C=O) groups excluding carboxylic acids is 1. The molecule has 0 spiro atoms. The van der Waals surface area contributed by atoms with E-state index in [1.165, 1.54) is 38.5 Å². The van der Waals surface area contributed by atoms with E-state index >= 15 is 0 Å². The number of halogens is 1. The number of rotatable bonds is 15. The molecule has 172 valence electrons. The third-order valence-corrected chi connectivity index (χ3v) is 5.40. The van der Waals surface area contributed by atoms with Crippen molar-refractivity contribution < 1.29 is 13.9 Å². The number of hydrogen-bond acceptors (Lipinski definition) is 4. The van der Waals surface area contributed by atoms with E-state index in [2.05, 4.69) is 31.0 Å². The Morgan fingerprint density at radius 3 is 2.29 bits per heavy atom. The highest BCUT2D eigenvalue weighted by molar-refractivity contribution is 6.30. The zero-order chi connectivity index (χ0) is 22.5. The number of nitrogens with zero attached hydrogens (tertiary/aromatic N) is 1. The van der Waals surface area contributed by atoms with Crippen LogP contribution in [0.2, 0.25) is 5.02 Å². The van der Waals surface area contributed by atoms with Crippen molar-refractivity contribution in [3.8, 4) is 5.75 Å². The molecule has 6 heteroatoms. The molecule has 0 radical (unpaired) electrons. The van der Waals surface area contributed by atoms with Crippen LogP contribution in [0, 0.1) is 0 Å². The lowest BCUT2D eigenvalue weighted by molar-refractivity contribution is 0.0896. The molecule has 1 aromatic carbocycles. The van der Waals surface area contributed by atoms with Gasteiger partial charge in [0.1, 0.15) is 18.1 Å². The first-order valence-electron chi connectivity index (χ1n) is 11.5. The first-order valence-corrected chi connectivity index (χ1v) is 11.9. The van der Waals surface area contributed by atoms with Gasteiger partial charge in [0, 0.05) is 17.6 Å². The van der Waals surface area contributed by atoms with Gasteiger partial charge in [-0.2, -0.15) is 0 Å². The molecule has 0 fully saturated rings. The number of amides is 1. The van der Waals surface area contributed by atoms with Gasteiger partial charge in [-0.05, 0) is 69.3 Å². The number of ether oxygens (including phenoxy) is 1. The third kappa shape index (κ3) is 9.79. The zero-order valence-corrected chi connectivity index (χ0v) is 19.9. The van der Waals surface area contributed by atoms with E-state index in [1.807, 2.05) is 0 Å². The van der Waals surface area contributed by atoms with Crippen LogP contribution in [0.25, 0.3) is 0 Å². The molecule has 1 unspecified atom stereocenters. The summed E-state index contributed by atoms with van der Waals surface area (Å²) in [5.41, 5.74) is 0. The highest BCUT2D eigenvalue weighted by atomic mass is 35.5. The number of unbranched alkanes of at least 4 members (excludes halogenated alkanes) is 4. The van der Waals surface area contributed by atoms with Gasteiger partial charge in [0.2, 0.25) is 0 Å². The summed E-state index contributed by atoms with van der Waals surface area (Å²) in [4.78, 5) is 15.1. The Labute approximate surface area is 192 Å². The Balaban J connectivity index is 1.81. The van der Waals surface area contributed by atoms with Crippen molar-refractivity contribution in [1.82, 2.24) is 10.2 Å². The van der Waals surface area contributed by atoms with Crippen LogP contribution in [0.15, 0.2) is 40.8 Å². The fourth-order valence-electron chi connectivity index (χ4n) is 3.46. The van der Waals surface area contributed by atoms with Crippen molar-refractivity contribution in [1.29, 1.82) is 0 Å². The van der Waals surface area contributed by atoms with E-state index in [0.29, 0.717) is 22.3 Å². The summed E-state index contributed by atoms with van der Waals surface area (Å²) in [6, 6.07) is 10.7. The van der Waals surface area contributed by atoms with E-state index in [1.54, 1.807) is 36.4 Å². The van der Waals surface area contributed by atoms with Crippen LogP contribution in [0.3, 0.4) is 0 Å². The predicted molar refractivity (Wildman–Crippen MR) is 127 cm³/mol. The van der Waals surface area contributed by atoms with Gasteiger partial charge < -0.3 is 19.4 Å². The Kier molecular flexibility index (Phi) is 11.5.